The van der Waals surface area contributed by atoms with Crippen LogP contribution in [-0.4, -0.2) is 51.6 Å². The first kappa shape index (κ1) is 27.9. The number of rotatable bonds is 12. The van der Waals surface area contributed by atoms with Crippen LogP contribution in [0, 0.1) is 17.2 Å². The number of ketones is 1. The van der Waals surface area contributed by atoms with E-state index in [0.29, 0.717) is 12.0 Å². The van der Waals surface area contributed by atoms with Gasteiger partial charge in [0, 0.05) is 17.5 Å². The number of urea groups is 1. The van der Waals surface area contributed by atoms with Crippen molar-refractivity contribution in [3.63, 3.8) is 0 Å². The van der Waals surface area contributed by atoms with Crippen LogP contribution in [0.3, 0.4) is 0 Å². The molecule has 3 aromatic carbocycles. The number of aliphatic hydroxyl groups excluding tert-OH is 1. The van der Waals surface area contributed by atoms with Crippen LogP contribution in [0.15, 0.2) is 91.0 Å². The number of imide groups is 1. The zero-order valence-corrected chi connectivity index (χ0v) is 22.3. The lowest BCUT2D eigenvalue weighted by atomic mass is 9.82. The molecule has 1 fully saturated rings. The lowest BCUT2D eigenvalue weighted by Gasteiger charge is -2.31. The summed E-state index contributed by atoms with van der Waals surface area (Å²) in [5.41, 5.74) is 1.97. The fourth-order valence-electron chi connectivity index (χ4n) is 5.13. The van der Waals surface area contributed by atoms with Gasteiger partial charge in [0.2, 0.25) is 5.78 Å². The Bertz CT molecular complexity index is 1290. The third-order valence-corrected chi connectivity index (χ3v) is 7.28. The molecule has 3 amide bonds. The maximum atomic E-state index is 13.3. The number of hydrogen-bond donors (Lipinski definition) is 3. The molecule has 7 heteroatoms. The number of benzene rings is 3. The second-order valence-corrected chi connectivity index (χ2v) is 10.4. The minimum absolute atomic E-state index is 0.0286. The smallest absolute Gasteiger partial charge is 0.325 e. The third-order valence-electron chi connectivity index (χ3n) is 7.28. The Balaban J connectivity index is 1.65. The highest BCUT2D eigenvalue weighted by Gasteiger charge is 2.44. The summed E-state index contributed by atoms with van der Waals surface area (Å²) in [6, 6.07) is 25.7. The van der Waals surface area contributed by atoms with Crippen molar-refractivity contribution in [2.45, 2.75) is 51.3 Å². The zero-order valence-electron chi connectivity index (χ0n) is 22.3. The highest BCUT2D eigenvalue weighted by atomic mass is 16.3. The molecule has 0 bridgehead atoms. The molecule has 1 aliphatic rings. The van der Waals surface area contributed by atoms with Crippen LogP contribution in [0.5, 0.6) is 0 Å². The third kappa shape index (κ3) is 6.67. The van der Waals surface area contributed by atoms with Gasteiger partial charge in [0.05, 0.1) is 11.8 Å². The van der Waals surface area contributed by atoms with Crippen LogP contribution in [0.4, 0.5) is 4.79 Å². The van der Waals surface area contributed by atoms with Crippen LogP contribution in [-0.2, 0) is 17.6 Å². The number of nitrogens with one attached hydrogen (secondary N) is 2. The maximum Gasteiger partial charge on any atom is 0.325 e. The van der Waals surface area contributed by atoms with E-state index in [0.717, 1.165) is 11.1 Å². The lowest BCUT2D eigenvalue weighted by Crippen LogP contribution is -2.46. The molecule has 0 aliphatic carbocycles. The molecule has 0 spiro atoms. The standard InChI is InChI=1S/C32H35N3O4/c1-21(2)29-31(38)35(32(39)34-29)25(18-22-12-6-3-7-13-22)20-27(36)26(19-23-14-8-4-9-15-23)28(33)30(37)24-16-10-5-11-17-24/h3-17,21,25-27,29,33,36H,18-20H2,1-2H3,(H,34,39)/t25-,26-,27-,29-/m0/s1. The van der Waals surface area contributed by atoms with E-state index in [4.69, 9.17) is 5.41 Å². The fourth-order valence-corrected chi connectivity index (χ4v) is 5.13. The van der Waals surface area contributed by atoms with Gasteiger partial charge in [-0.05, 0) is 36.3 Å². The molecule has 3 N–H and O–H groups in total. The van der Waals surface area contributed by atoms with Gasteiger partial charge in [-0.1, -0.05) is 105 Å². The Kier molecular flexibility index (Phi) is 9.04. The largest absolute Gasteiger partial charge is 0.392 e. The lowest BCUT2D eigenvalue weighted by molar-refractivity contribution is -0.130. The number of carbonyl (C=O) groups is 3. The predicted octanol–water partition coefficient (Wildman–Crippen LogP) is 4.69. The van der Waals surface area contributed by atoms with E-state index in [-0.39, 0.29) is 30.4 Å². The molecule has 1 heterocycles. The van der Waals surface area contributed by atoms with E-state index in [9.17, 15) is 19.5 Å². The molecule has 4 rings (SSSR count). The van der Waals surface area contributed by atoms with E-state index in [1.807, 2.05) is 74.5 Å². The van der Waals surface area contributed by atoms with Crippen molar-refractivity contribution in [1.82, 2.24) is 10.2 Å². The van der Waals surface area contributed by atoms with E-state index < -0.39 is 35.9 Å². The summed E-state index contributed by atoms with van der Waals surface area (Å²) in [5, 5.41) is 23.3. The number of hydrogen-bond acceptors (Lipinski definition) is 5. The summed E-state index contributed by atoms with van der Waals surface area (Å²) in [6.45, 7) is 3.75. The molecule has 0 aromatic heterocycles. The van der Waals surface area contributed by atoms with Crippen molar-refractivity contribution < 1.29 is 19.5 Å². The molecule has 7 nitrogen and oxygen atoms in total. The average Bonchev–Trinajstić information content (AvgIpc) is 3.25. The molecule has 1 saturated heterocycles. The Morgan fingerprint density at radius 3 is 1.90 bits per heavy atom. The van der Waals surface area contributed by atoms with Gasteiger partial charge in [-0.2, -0.15) is 0 Å². The maximum absolute atomic E-state index is 13.3. The normalized spacial score (nSPS) is 17.5. The summed E-state index contributed by atoms with van der Waals surface area (Å²) in [5.74, 6) is -1.69. The van der Waals surface area contributed by atoms with Crippen molar-refractivity contribution in [1.29, 1.82) is 5.41 Å². The minimum atomic E-state index is -1.15. The fraction of sp³-hybridized carbons (Fsp3) is 0.312. The molecule has 3 aromatic rings. The number of nitrogens with zero attached hydrogens (tertiary/aromatic N) is 1. The van der Waals surface area contributed by atoms with Crippen molar-refractivity contribution in [3.8, 4) is 0 Å². The van der Waals surface area contributed by atoms with Crippen LogP contribution in [0.2, 0.25) is 0 Å². The molecular formula is C32H35N3O4. The molecule has 4 atom stereocenters. The van der Waals surface area contributed by atoms with E-state index >= 15 is 0 Å². The van der Waals surface area contributed by atoms with Crippen LogP contribution in [0.1, 0.15) is 41.8 Å². The van der Waals surface area contributed by atoms with E-state index in [2.05, 4.69) is 5.32 Å². The molecule has 0 saturated carbocycles. The molecule has 1 aliphatic heterocycles. The monoisotopic (exact) mass is 525 g/mol. The highest BCUT2D eigenvalue weighted by molar-refractivity contribution is 6.45. The van der Waals surface area contributed by atoms with E-state index in [1.54, 1.807) is 30.3 Å². The van der Waals surface area contributed by atoms with Crippen LogP contribution >= 0.6 is 0 Å². The second kappa shape index (κ2) is 12.6. The molecule has 0 radical (unpaired) electrons. The summed E-state index contributed by atoms with van der Waals surface area (Å²) in [6.07, 6.45) is -0.509. The van der Waals surface area contributed by atoms with Gasteiger partial charge in [-0.25, -0.2) is 4.79 Å². The number of aliphatic hydroxyl groups is 1. The summed E-state index contributed by atoms with van der Waals surface area (Å²) in [7, 11) is 0. The van der Waals surface area contributed by atoms with Crippen LogP contribution in [0.25, 0.3) is 0 Å². The van der Waals surface area contributed by atoms with Crippen molar-refractivity contribution in [2.75, 3.05) is 0 Å². The van der Waals surface area contributed by atoms with Gasteiger partial charge < -0.3 is 15.8 Å². The van der Waals surface area contributed by atoms with Crippen LogP contribution < -0.4 is 5.32 Å². The molecular weight excluding hydrogens is 490 g/mol. The molecule has 0 unspecified atom stereocenters. The summed E-state index contributed by atoms with van der Waals surface area (Å²) >= 11 is 0. The number of amides is 3. The minimum Gasteiger partial charge on any atom is -0.392 e. The van der Waals surface area contributed by atoms with Gasteiger partial charge in [-0.3, -0.25) is 14.5 Å². The van der Waals surface area contributed by atoms with Gasteiger partial charge >= 0.3 is 6.03 Å². The van der Waals surface area contributed by atoms with Gasteiger partial charge in [0.1, 0.15) is 6.04 Å². The first-order chi connectivity index (χ1) is 18.8. The number of carbonyl (C=O) groups excluding carboxylic acids is 3. The topological polar surface area (TPSA) is 111 Å². The summed E-state index contributed by atoms with van der Waals surface area (Å²) in [4.78, 5) is 40.8. The SMILES string of the molecule is CC(C)[C@@H]1NC(=O)N([C@@H](Cc2ccccc2)C[C@H](O)[C@H](Cc2ccccc2)C(=N)C(=O)c2ccccc2)C1=O. The van der Waals surface area contributed by atoms with Crippen molar-refractivity contribution in [2.24, 2.45) is 11.8 Å². The van der Waals surface area contributed by atoms with E-state index in [1.165, 1.54) is 4.90 Å². The van der Waals surface area contributed by atoms with Gasteiger partial charge in [0.15, 0.2) is 0 Å². The zero-order chi connectivity index (χ0) is 27.9. The Labute approximate surface area is 229 Å². The van der Waals surface area contributed by atoms with Crippen molar-refractivity contribution >= 4 is 23.4 Å². The second-order valence-electron chi connectivity index (χ2n) is 10.4. The average molecular weight is 526 g/mol. The Hall–Kier alpha value is -4.10. The van der Waals surface area contributed by atoms with Gasteiger partial charge in [-0.15, -0.1) is 0 Å². The Morgan fingerprint density at radius 2 is 1.38 bits per heavy atom. The first-order valence-corrected chi connectivity index (χ1v) is 13.3. The van der Waals surface area contributed by atoms with Crippen molar-refractivity contribution in [3.05, 3.63) is 108 Å². The Morgan fingerprint density at radius 1 is 0.872 bits per heavy atom. The predicted molar refractivity (Wildman–Crippen MR) is 151 cm³/mol. The first-order valence-electron chi connectivity index (χ1n) is 13.3. The van der Waals surface area contributed by atoms with Gasteiger partial charge in [0.25, 0.3) is 5.91 Å². The molecule has 202 valence electrons. The highest BCUT2D eigenvalue weighted by Crippen LogP contribution is 2.26. The molecule has 39 heavy (non-hydrogen) atoms. The number of Topliss-reactive ketones (excluding diaryl/α,β-unsaturated/α-hetero) is 1. The summed E-state index contributed by atoms with van der Waals surface area (Å²) < 4.78 is 0. The quantitative estimate of drug-likeness (QED) is 0.181.